The highest BCUT2D eigenvalue weighted by molar-refractivity contribution is 14.0. The van der Waals surface area contributed by atoms with Gasteiger partial charge >= 0.3 is 0 Å². The number of guanidine groups is 1. The fourth-order valence-electron chi connectivity index (χ4n) is 4.09. The molecule has 28 heavy (non-hydrogen) atoms. The van der Waals surface area contributed by atoms with E-state index < -0.39 is 0 Å². The Labute approximate surface area is 184 Å². The highest BCUT2D eigenvalue weighted by Crippen LogP contribution is 2.19. The highest BCUT2D eigenvalue weighted by Gasteiger charge is 2.24. The summed E-state index contributed by atoms with van der Waals surface area (Å²) in [6, 6.07) is 11.3. The molecule has 0 amide bonds. The third-order valence-electron chi connectivity index (χ3n) is 5.56. The highest BCUT2D eigenvalue weighted by atomic mass is 127. The Balaban J connectivity index is 0.00000225. The lowest BCUT2D eigenvalue weighted by atomic mass is 10.2. The summed E-state index contributed by atoms with van der Waals surface area (Å²) in [6.07, 6.45) is 4.70. The molecule has 1 aromatic carbocycles. The summed E-state index contributed by atoms with van der Waals surface area (Å²) in [5, 5.41) is 15.4. The van der Waals surface area contributed by atoms with Gasteiger partial charge in [-0.25, -0.2) is 0 Å². The van der Waals surface area contributed by atoms with Gasteiger partial charge in [-0.15, -0.1) is 34.2 Å². The molecule has 1 unspecified atom stereocenters. The smallest absolute Gasteiger partial charge is 0.191 e. The van der Waals surface area contributed by atoms with Crippen LogP contribution in [0.3, 0.4) is 0 Å². The molecule has 1 saturated heterocycles. The fourth-order valence-corrected chi connectivity index (χ4v) is 4.09. The van der Waals surface area contributed by atoms with Gasteiger partial charge < -0.3 is 15.2 Å². The van der Waals surface area contributed by atoms with E-state index in [1.54, 1.807) is 0 Å². The van der Waals surface area contributed by atoms with E-state index in [0.29, 0.717) is 12.6 Å². The van der Waals surface area contributed by atoms with Gasteiger partial charge in [-0.1, -0.05) is 30.3 Å². The molecule has 0 saturated carbocycles. The van der Waals surface area contributed by atoms with Crippen LogP contribution in [0.2, 0.25) is 0 Å². The first-order valence-corrected chi connectivity index (χ1v) is 9.97. The van der Waals surface area contributed by atoms with Gasteiger partial charge in [-0.05, 0) is 31.4 Å². The van der Waals surface area contributed by atoms with Gasteiger partial charge in [0.1, 0.15) is 5.82 Å². The monoisotopic (exact) mass is 495 g/mol. The minimum absolute atomic E-state index is 0. The van der Waals surface area contributed by atoms with Gasteiger partial charge in [0.15, 0.2) is 11.8 Å². The number of halogens is 1. The summed E-state index contributed by atoms with van der Waals surface area (Å²) in [6.45, 7) is 4.78. The van der Waals surface area contributed by atoms with Crippen molar-refractivity contribution in [1.82, 2.24) is 30.3 Å². The molecule has 4 rings (SSSR count). The molecule has 2 aliphatic rings. The summed E-state index contributed by atoms with van der Waals surface area (Å²) in [7, 11) is 1.82. The zero-order chi connectivity index (χ0) is 18.5. The van der Waals surface area contributed by atoms with Crippen molar-refractivity contribution >= 4 is 29.9 Å². The van der Waals surface area contributed by atoms with Crippen LogP contribution in [0.25, 0.3) is 0 Å². The molecular formula is C20H30IN7. The topological polar surface area (TPSA) is 70.4 Å². The molecule has 2 aromatic rings. The standard InChI is InChI=1S/C20H29N7.HI/c1-21-20(23-14-19-25-24-18-10-6-12-27(18)19)22-13-17-9-5-11-26(17)15-16-7-3-2-4-8-16;/h2-4,7-8,17H,5-6,9-15H2,1H3,(H2,21,22,23);1H. The van der Waals surface area contributed by atoms with Crippen LogP contribution in [-0.2, 0) is 26.1 Å². The van der Waals surface area contributed by atoms with Crippen LogP contribution in [0, 0.1) is 0 Å². The van der Waals surface area contributed by atoms with E-state index in [9.17, 15) is 0 Å². The summed E-state index contributed by atoms with van der Waals surface area (Å²) in [5.41, 5.74) is 1.38. The Morgan fingerprint density at radius 3 is 2.82 bits per heavy atom. The SMILES string of the molecule is CN=C(NCc1nnc2n1CCC2)NCC1CCCN1Cc1ccccc1.I. The molecule has 2 aliphatic heterocycles. The molecule has 1 aromatic heterocycles. The molecule has 1 atom stereocenters. The van der Waals surface area contributed by atoms with E-state index >= 15 is 0 Å². The quantitative estimate of drug-likeness (QED) is 0.365. The van der Waals surface area contributed by atoms with E-state index in [2.05, 4.69) is 65.6 Å². The van der Waals surface area contributed by atoms with Crippen LogP contribution in [0.15, 0.2) is 35.3 Å². The molecule has 152 valence electrons. The number of nitrogens with one attached hydrogen (secondary N) is 2. The van der Waals surface area contributed by atoms with Crippen molar-refractivity contribution < 1.29 is 0 Å². The fraction of sp³-hybridized carbons (Fsp3) is 0.550. The summed E-state index contributed by atoms with van der Waals surface area (Å²) >= 11 is 0. The normalized spacial score (nSPS) is 19.3. The molecule has 0 radical (unpaired) electrons. The zero-order valence-corrected chi connectivity index (χ0v) is 18.8. The Morgan fingerprint density at radius 1 is 1.14 bits per heavy atom. The van der Waals surface area contributed by atoms with E-state index in [1.807, 2.05) is 7.05 Å². The molecule has 0 aliphatic carbocycles. The second kappa shape index (κ2) is 10.2. The predicted octanol–water partition coefficient (Wildman–Crippen LogP) is 2.17. The van der Waals surface area contributed by atoms with Crippen molar-refractivity contribution in [2.24, 2.45) is 4.99 Å². The second-order valence-corrected chi connectivity index (χ2v) is 7.35. The number of likely N-dealkylation sites (tertiary alicyclic amines) is 1. The number of rotatable bonds is 6. The predicted molar refractivity (Wildman–Crippen MR) is 122 cm³/mol. The maximum atomic E-state index is 4.37. The van der Waals surface area contributed by atoms with Crippen LogP contribution in [0.5, 0.6) is 0 Å². The van der Waals surface area contributed by atoms with Crippen LogP contribution in [0.1, 0.15) is 36.5 Å². The molecule has 3 heterocycles. The lowest BCUT2D eigenvalue weighted by molar-refractivity contribution is 0.245. The van der Waals surface area contributed by atoms with Crippen molar-refractivity contribution in [2.45, 2.75) is 51.4 Å². The number of benzene rings is 1. The Kier molecular flexibility index (Phi) is 7.66. The number of aryl methyl sites for hydroxylation is 1. The molecule has 8 heteroatoms. The van der Waals surface area contributed by atoms with Crippen molar-refractivity contribution in [3.05, 3.63) is 47.5 Å². The van der Waals surface area contributed by atoms with Gasteiger partial charge in [-0.3, -0.25) is 9.89 Å². The average Bonchev–Trinajstić information content (AvgIpc) is 3.41. The number of hydrogen-bond donors (Lipinski definition) is 2. The maximum Gasteiger partial charge on any atom is 0.191 e. The second-order valence-electron chi connectivity index (χ2n) is 7.35. The number of aliphatic imine (C=N–C) groups is 1. The van der Waals surface area contributed by atoms with Crippen LogP contribution in [0.4, 0.5) is 0 Å². The largest absolute Gasteiger partial charge is 0.355 e. The van der Waals surface area contributed by atoms with E-state index in [1.165, 1.54) is 31.4 Å². The Morgan fingerprint density at radius 2 is 2.00 bits per heavy atom. The average molecular weight is 495 g/mol. The third-order valence-corrected chi connectivity index (χ3v) is 5.56. The van der Waals surface area contributed by atoms with Crippen LogP contribution < -0.4 is 10.6 Å². The number of hydrogen-bond acceptors (Lipinski definition) is 4. The molecule has 0 spiro atoms. The third kappa shape index (κ3) is 5.02. The van der Waals surface area contributed by atoms with Crippen LogP contribution in [-0.4, -0.2) is 51.8 Å². The maximum absolute atomic E-state index is 4.37. The van der Waals surface area contributed by atoms with Gasteiger partial charge in [0.25, 0.3) is 0 Å². The first kappa shape index (κ1) is 21.0. The van der Waals surface area contributed by atoms with Gasteiger partial charge in [0.05, 0.1) is 6.54 Å². The summed E-state index contributed by atoms with van der Waals surface area (Å²) in [5.74, 6) is 2.94. The van der Waals surface area contributed by atoms with Gasteiger partial charge in [-0.2, -0.15) is 0 Å². The lowest BCUT2D eigenvalue weighted by Crippen LogP contribution is -2.44. The molecule has 0 bridgehead atoms. The van der Waals surface area contributed by atoms with Gasteiger partial charge in [0.2, 0.25) is 0 Å². The first-order chi connectivity index (χ1) is 13.3. The Bertz CT molecular complexity index is 774. The first-order valence-electron chi connectivity index (χ1n) is 9.97. The van der Waals surface area contributed by atoms with Crippen molar-refractivity contribution in [1.29, 1.82) is 0 Å². The molecular weight excluding hydrogens is 465 g/mol. The molecule has 1 fully saturated rings. The lowest BCUT2D eigenvalue weighted by Gasteiger charge is -2.25. The number of fused-ring (bicyclic) bond motifs is 1. The van der Waals surface area contributed by atoms with E-state index in [0.717, 1.165) is 43.7 Å². The minimum Gasteiger partial charge on any atom is -0.355 e. The number of aromatic nitrogens is 3. The van der Waals surface area contributed by atoms with Crippen LogP contribution >= 0.6 is 24.0 Å². The Hall–Kier alpha value is -1.68. The minimum atomic E-state index is 0. The molecule has 7 nitrogen and oxygen atoms in total. The van der Waals surface area contributed by atoms with Crippen molar-refractivity contribution in [3.8, 4) is 0 Å². The van der Waals surface area contributed by atoms with Crippen molar-refractivity contribution in [3.63, 3.8) is 0 Å². The summed E-state index contributed by atoms with van der Waals surface area (Å²) in [4.78, 5) is 6.94. The summed E-state index contributed by atoms with van der Waals surface area (Å²) < 4.78 is 2.22. The van der Waals surface area contributed by atoms with Gasteiger partial charge in [0, 0.05) is 39.1 Å². The number of nitrogens with zero attached hydrogens (tertiary/aromatic N) is 5. The zero-order valence-electron chi connectivity index (χ0n) is 16.5. The van der Waals surface area contributed by atoms with E-state index in [-0.39, 0.29) is 24.0 Å². The molecule has 2 N–H and O–H groups in total. The van der Waals surface area contributed by atoms with E-state index in [4.69, 9.17) is 0 Å². The van der Waals surface area contributed by atoms with Crippen molar-refractivity contribution in [2.75, 3.05) is 20.1 Å².